The lowest BCUT2D eigenvalue weighted by molar-refractivity contribution is 0.0696. The fraction of sp³-hybridized carbons (Fsp3) is 0. The summed E-state index contributed by atoms with van der Waals surface area (Å²) in [7, 11) is 0. The summed E-state index contributed by atoms with van der Waals surface area (Å²) < 4.78 is 1.30. The number of hydrogen-bond donors (Lipinski definition) is 2. The summed E-state index contributed by atoms with van der Waals surface area (Å²) in [6, 6.07) is 5.03. The number of carboxylic acids is 1. The first-order chi connectivity index (χ1) is 8.06. The third-order valence-electron chi connectivity index (χ3n) is 1.92. The molecule has 1 heterocycles. The number of hydrogen-bond acceptors (Lipinski definition) is 4. The number of thiazole rings is 1. The number of nitrogens with zero attached hydrogens (tertiary/aromatic N) is 1. The Kier molecular flexibility index (Phi) is 3.80. The van der Waals surface area contributed by atoms with E-state index in [4.69, 9.17) is 5.11 Å². The molecule has 88 valence electrons. The Morgan fingerprint density at radius 2 is 2.18 bits per heavy atom. The van der Waals surface area contributed by atoms with Gasteiger partial charge in [0.25, 0.3) is 0 Å². The highest BCUT2D eigenvalue weighted by molar-refractivity contribution is 9.10. The fourth-order valence-corrected chi connectivity index (χ4v) is 2.78. The van der Waals surface area contributed by atoms with Crippen LogP contribution >= 0.6 is 43.2 Å². The van der Waals surface area contributed by atoms with Crippen molar-refractivity contribution in [3.8, 4) is 0 Å². The summed E-state index contributed by atoms with van der Waals surface area (Å²) in [6.45, 7) is 0. The molecule has 0 saturated heterocycles. The van der Waals surface area contributed by atoms with Crippen molar-refractivity contribution >= 4 is 60.0 Å². The highest BCUT2D eigenvalue weighted by Crippen LogP contribution is 2.26. The molecule has 2 rings (SSSR count). The molecule has 0 unspecified atom stereocenters. The minimum absolute atomic E-state index is 0.214. The van der Waals surface area contributed by atoms with E-state index in [9.17, 15) is 4.79 Å². The van der Waals surface area contributed by atoms with Crippen LogP contribution in [0.15, 0.2) is 32.7 Å². The summed E-state index contributed by atoms with van der Waals surface area (Å²) in [5.74, 6) is -0.971. The molecule has 2 aromatic rings. The van der Waals surface area contributed by atoms with Crippen LogP contribution in [0.25, 0.3) is 0 Å². The summed E-state index contributed by atoms with van der Waals surface area (Å²) in [4.78, 5) is 15.1. The summed E-state index contributed by atoms with van der Waals surface area (Å²) in [5, 5.41) is 14.6. The van der Waals surface area contributed by atoms with Crippen LogP contribution in [-0.2, 0) is 0 Å². The normalized spacial score (nSPS) is 10.2. The van der Waals surface area contributed by atoms with Crippen LogP contribution in [0.4, 0.5) is 10.8 Å². The molecule has 0 aliphatic carbocycles. The van der Waals surface area contributed by atoms with E-state index in [0.717, 1.165) is 4.60 Å². The molecule has 1 aromatic carbocycles. The van der Waals surface area contributed by atoms with Crippen LogP contribution < -0.4 is 5.32 Å². The molecule has 0 aliphatic heterocycles. The largest absolute Gasteiger partial charge is 0.478 e. The van der Waals surface area contributed by atoms with Gasteiger partial charge < -0.3 is 10.4 Å². The predicted octanol–water partition coefficient (Wildman–Crippen LogP) is 4.11. The minimum Gasteiger partial charge on any atom is -0.478 e. The van der Waals surface area contributed by atoms with E-state index in [1.54, 1.807) is 18.2 Å². The van der Waals surface area contributed by atoms with Crippen LogP contribution in [0.5, 0.6) is 0 Å². The first-order valence-corrected chi connectivity index (χ1v) is 6.94. The molecule has 0 radical (unpaired) electrons. The Morgan fingerprint density at radius 3 is 2.76 bits per heavy atom. The lowest BCUT2D eigenvalue weighted by Gasteiger charge is -2.05. The minimum atomic E-state index is -0.971. The van der Waals surface area contributed by atoms with E-state index in [1.807, 2.05) is 5.38 Å². The van der Waals surface area contributed by atoms with Crippen molar-refractivity contribution in [3.63, 3.8) is 0 Å². The second kappa shape index (κ2) is 5.16. The molecule has 2 N–H and O–H groups in total. The van der Waals surface area contributed by atoms with E-state index in [0.29, 0.717) is 15.3 Å². The van der Waals surface area contributed by atoms with E-state index >= 15 is 0 Å². The number of anilines is 2. The van der Waals surface area contributed by atoms with Gasteiger partial charge in [-0.15, -0.1) is 11.3 Å². The zero-order valence-corrected chi connectivity index (χ0v) is 12.3. The quantitative estimate of drug-likeness (QED) is 0.844. The van der Waals surface area contributed by atoms with E-state index < -0.39 is 5.97 Å². The Labute approximate surface area is 118 Å². The third-order valence-corrected chi connectivity index (χ3v) is 4.08. The van der Waals surface area contributed by atoms with Gasteiger partial charge in [-0.2, -0.15) is 0 Å². The SMILES string of the molecule is O=C(O)c1cc(Nc2nc(Br)cs2)ccc1Br. The fourth-order valence-electron chi connectivity index (χ4n) is 1.20. The molecular formula is C10H6Br2N2O2S. The van der Waals surface area contributed by atoms with Gasteiger partial charge in [-0.05, 0) is 50.1 Å². The average Bonchev–Trinajstić information content (AvgIpc) is 2.66. The number of aromatic carboxylic acids is 1. The Hall–Kier alpha value is -0.920. The molecule has 1 aromatic heterocycles. The van der Waals surface area contributed by atoms with Crippen molar-refractivity contribution in [1.82, 2.24) is 4.98 Å². The molecule has 7 heteroatoms. The maximum Gasteiger partial charge on any atom is 0.336 e. The van der Waals surface area contributed by atoms with E-state index in [-0.39, 0.29) is 5.56 Å². The molecule has 17 heavy (non-hydrogen) atoms. The van der Waals surface area contributed by atoms with Crippen LogP contribution in [0.2, 0.25) is 0 Å². The molecular weight excluding hydrogens is 372 g/mol. The highest BCUT2D eigenvalue weighted by atomic mass is 79.9. The van der Waals surface area contributed by atoms with E-state index in [2.05, 4.69) is 42.2 Å². The second-order valence-corrected chi connectivity index (χ2v) is 5.63. The van der Waals surface area contributed by atoms with Crippen molar-refractivity contribution in [3.05, 3.63) is 38.2 Å². The number of aromatic nitrogens is 1. The molecule has 0 aliphatic rings. The number of halogens is 2. The van der Waals surface area contributed by atoms with Gasteiger partial charge in [0.1, 0.15) is 4.60 Å². The predicted molar refractivity (Wildman–Crippen MR) is 74.2 cm³/mol. The summed E-state index contributed by atoms with van der Waals surface area (Å²) >= 11 is 7.88. The lowest BCUT2D eigenvalue weighted by atomic mass is 10.2. The van der Waals surface area contributed by atoms with Crippen LogP contribution in [-0.4, -0.2) is 16.1 Å². The van der Waals surface area contributed by atoms with Gasteiger partial charge in [-0.1, -0.05) is 0 Å². The smallest absolute Gasteiger partial charge is 0.336 e. The maximum absolute atomic E-state index is 11.0. The van der Waals surface area contributed by atoms with Crippen LogP contribution in [0.3, 0.4) is 0 Å². The van der Waals surface area contributed by atoms with Crippen molar-refractivity contribution in [1.29, 1.82) is 0 Å². The number of carbonyl (C=O) groups is 1. The Morgan fingerprint density at radius 1 is 1.41 bits per heavy atom. The first kappa shape index (κ1) is 12.5. The monoisotopic (exact) mass is 376 g/mol. The lowest BCUT2D eigenvalue weighted by Crippen LogP contribution is -1.99. The van der Waals surface area contributed by atoms with Crippen molar-refractivity contribution < 1.29 is 9.90 Å². The number of benzene rings is 1. The Bertz CT molecular complexity index is 571. The maximum atomic E-state index is 11.0. The van der Waals surface area contributed by atoms with Gasteiger partial charge in [0.2, 0.25) is 0 Å². The number of nitrogens with one attached hydrogen (secondary N) is 1. The highest BCUT2D eigenvalue weighted by Gasteiger charge is 2.09. The zero-order valence-electron chi connectivity index (χ0n) is 8.28. The van der Waals surface area contributed by atoms with Gasteiger partial charge in [0, 0.05) is 15.5 Å². The molecule has 0 fully saturated rings. The molecule has 0 spiro atoms. The number of rotatable bonds is 3. The van der Waals surface area contributed by atoms with Crippen LogP contribution in [0, 0.1) is 0 Å². The topological polar surface area (TPSA) is 62.2 Å². The van der Waals surface area contributed by atoms with Crippen LogP contribution in [0.1, 0.15) is 10.4 Å². The molecule has 4 nitrogen and oxygen atoms in total. The van der Waals surface area contributed by atoms with Gasteiger partial charge >= 0.3 is 5.97 Å². The van der Waals surface area contributed by atoms with Gasteiger partial charge in [-0.3, -0.25) is 0 Å². The average molecular weight is 378 g/mol. The van der Waals surface area contributed by atoms with Gasteiger partial charge in [0.05, 0.1) is 5.56 Å². The van der Waals surface area contributed by atoms with E-state index in [1.165, 1.54) is 11.3 Å². The Balaban J connectivity index is 2.28. The standard InChI is InChI=1S/C10H6Br2N2O2S/c11-7-2-1-5(3-6(7)9(15)16)13-10-14-8(12)4-17-10/h1-4H,(H,13,14)(H,15,16). The van der Waals surface area contributed by atoms with Crippen molar-refractivity contribution in [2.75, 3.05) is 5.32 Å². The van der Waals surface area contributed by atoms with Gasteiger partial charge in [-0.25, -0.2) is 9.78 Å². The van der Waals surface area contributed by atoms with Crippen molar-refractivity contribution in [2.45, 2.75) is 0 Å². The molecule has 0 amide bonds. The summed E-state index contributed by atoms with van der Waals surface area (Å²) in [5.41, 5.74) is 0.901. The molecule has 0 saturated carbocycles. The molecule has 0 bridgehead atoms. The zero-order chi connectivity index (χ0) is 12.4. The first-order valence-electron chi connectivity index (χ1n) is 4.47. The third kappa shape index (κ3) is 3.05. The number of carboxylic acid groups (broad SMARTS) is 1. The van der Waals surface area contributed by atoms with Crippen molar-refractivity contribution in [2.24, 2.45) is 0 Å². The summed E-state index contributed by atoms with van der Waals surface area (Å²) in [6.07, 6.45) is 0. The second-order valence-electron chi connectivity index (χ2n) is 3.10. The molecule has 0 atom stereocenters. The van der Waals surface area contributed by atoms with Gasteiger partial charge in [0.15, 0.2) is 5.13 Å².